The third-order valence-corrected chi connectivity index (χ3v) is 6.27. The van der Waals surface area contributed by atoms with Crippen LogP contribution in [0.25, 0.3) is 10.6 Å². The molecule has 2 aromatic heterocycles. The zero-order valence-electron chi connectivity index (χ0n) is 14.8. The van der Waals surface area contributed by atoms with Gasteiger partial charge in [-0.25, -0.2) is 4.98 Å². The smallest absolute Gasteiger partial charge is 0.223 e. The highest BCUT2D eigenvalue weighted by Crippen LogP contribution is 2.34. The molecule has 3 heterocycles. The minimum absolute atomic E-state index is 0.0413. The van der Waals surface area contributed by atoms with Crippen LogP contribution in [0.3, 0.4) is 0 Å². The molecular weight excluding hydrogens is 348 g/mol. The number of carbonyl (C=O) groups excluding carboxylic acids is 1. The normalized spacial score (nSPS) is 20.5. The lowest BCUT2D eigenvalue weighted by Gasteiger charge is -2.27. The van der Waals surface area contributed by atoms with Crippen molar-refractivity contribution in [3.63, 3.8) is 0 Å². The molecule has 1 saturated heterocycles. The molecular formula is C19H24N4O2S. The number of aromatic nitrogens is 2. The Balaban J connectivity index is 1.31. The summed E-state index contributed by atoms with van der Waals surface area (Å²) in [7, 11) is 0. The molecule has 26 heavy (non-hydrogen) atoms. The minimum Gasteiger partial charge on any atom is -0.379 e. The molecule has 1 atom stereocenters. The van der Waals surface area contributed by atoms with E-state index in [0.717, 1.165) is 68.4 Å². The second-order valence-corrected chi connectivity index (χ2v) is 7.89. The maximum atomic E-state index is 12.5. The van der Waals surface area contributed by atoms with Crippen LogP contribution in [0.1, 0.15) is 17.0 Å². The molecule has 7 heteroatoms. The van der Waals surface area contributed by atoms with Crippen molar-refractivity contribution in [3.05, 3.63) is 35.1 Å². The number of carbonyl (C=O) groups is 1. The van der Waals surface area contributed by atoms with Gasteiger partial charge >= 0.3 is 0 Å². The molecule has 1 aliphatic carbocycles. The van der Waals surface area contributed by atoms with Gasteiger partial charge in [0.2, 0.25) is 5.91 Å². The van der Waals surface area contributed by atoms with Crippen molar-refractivity contribution >= 4 is 17.2 Å². The highest BCUT2D eigenvalue weighted by molar-refractivity contribution is 7.15. The molecule has 0 saturated carbocycles. The van der Waals surface area contributed by atoms with Crippen molar-refractivity contribution in [1.82, 2.24) is 20.2 Å². The summed E-state index contributed by atoms with van der Waals surface area (Å²) < 4.78 is 5.35. The molecule has 2 aromatic rings. The topological polar surface area (TPSA) is 67.4 Å². The first kappa shape index (κ1) is 17.6. The van der Waals surface area contributed by atoms with Crippen LogP contribution in [0.15, 0.2) is 24.5 Å². The largest absolute Gasteiger partial charge is 0.379 e. The molecule has 0 radical (unpaired) electrons. The zero-order valence-corrected chi connectivity index (χ0v) is 15.6. The number of aryl methyl sites for hydroxylation is 1. The van der Waals surface area contributed by atoms with Gasteiger partial charge in [-0.15, -0.1) is 11.3 Å². The molecule has 6 nitrogen and oxygen atoms in total. The summed E-state index contributed by atoms with van der Waals surface area (Å²) in [5.74, 6) is 0.210. The number of rotatable bonds is 5. The number of nitrogens with zero attached hydrogens (tertiary/aromatic N) is 3. The fraction of sp³-hybridized carbons (Fsp3) is 0.526. The molecule has 1 unspecified atom stereocenters. The first-order valence-electron chi connectivity index (χ1n) is 9.26. The number of hydrogen-bond acceptors (Lipinski definition) is 6. The highest BCUT2D eigenvalue weighted by atomic mass is 32.1. The summed E-state index contributed by atoms with van der Waals surface area (Å²) in [4.78, 5) is 25.1. The third-order valence-electron chi connectivity index (χ3n) is 5.07. The lowest BCUT2D eigenvalue weighted by atomic mass is 9.90. The SMILES string of the molecule is O=C(NCCN1CCOCC1)C1CCc2sc(-c3ccncc3)nc2C1. The third kappa shape index (κ3) is 4.11. The molecule has 0 spiro atoms. The van der Waals surface area contributed by atoms with Gasteiger partial charge < -0.3 is 10.1 Å². The lowest BCUT2D eigenvalue weighted by molar-refractivity contribution is -0.125. The van der Waals surface area contributed by atoms with Crippen molar-refractivity contribution < 1.29 is 9.53 Å². The minimum atomic E-state index is 0.0413. The molecule has 4 rings (SSSR count). The fourth-order valence-corrected chi connectivity index (χ4v) is 4.64. The maximum absolute atomic E-state index is 12.5. The van der Waals surface area contributed by atoms with E-state index in [2.05, 4.69) is 15.2 Å². The maximum Gasteiger partial charge on any atom is 0.223 e. The number of amides is 1. The molecule has 2 aliphatic rings. The summed E-state index contributed by atoms with van der Waals surface area (Å²) in [6.07, 6.45) is 6.19. The van der Waals surface area contributed by atoms with E-state index in [9.17, 15) is 4.79 Å². The second-order valence-electron chi connectivity index (χ2n) is 6.81. The van der Waals surface area contributed by atoms with Crippen LogP contribution in [0, 0.1) is 5.92 Å². The number of ether oxygens (including phenoxy) is 1. The van der Waals surface area contributed by atoms with Crippen LogP contribution in [0.5, 0.6) is 0 Å². The average Bonchev–Trinajstić information content (AvgIpc) is 3.13. The number of thiazole rings is 1. The van der Waals surface area contributed by atoms with E-state index >= 15 is 0 Å². The first-order valence-corrected chi connectivity index (χ1v) is 10.1. The molecule has 1 N–H and O–H groups in total. The van der Waals surface area contributed by atoms with Crippen LogP contribution in [0.4, 0.5) is 0 Å². The quantitative estimate of drug-likeness (QED) is 0.866. The van der Waals surface area contributed by atoms with Crippen molar-refractivity contribution in [1.29, 1.82) is 0 Å². The molecule has 138 valence electrons. The number of pyridine rings is 1. The lowest BCUT2D eigenvalue weighted by Crippen LogP contribution is -2.43. The Kier molecular flexibility index (Phi) is 5.57. The summed E-state index contributed by atoms with van der Waals surface area (Å²) in [5, 5.41) is 4.15. The van der Waals surface area contributed by atoms with Gasteiger partial charge in [0.1, 0.15) is 5.01 Å². The Bertz CT molecular complexity index is 743. The molecule has 1 amide bonds. The predicted molar refractivity (Wildman–Crippen MR) is 101 cm³/mol. The Morgan fingerprint density at radius 1 is 1.31 bits per heavy atom. The number of fused-ring (bicyclic) bond motifs is 1. The average molecular weight is 372 g/mol. The molecule has 1 fully saturated rings. The van der Waals surface area contributed by atoms with Crippen LogP contribution in [-0.2, 0) is 22.4 Å². The van der Waals surface area contributed by atoms with Crippen molar-refractivity contribution in [2.24, 2.45) is 5.92 Å². The first-order chi connectivity index (χ1) is 12.8. The monoisotopic (exact) mass is 372 g/mol. The molecule has 1 aliphatic heterocycles. The predicted octanol–water partition coefficient (Wildman–Crippen LogP) is 1.76. The summed E-state index contributed by atoms with van der Waals surface area (Å²) in [6, 6.07) is 3.97. The van der Waals surface area contributed by atoms with E-state index in [1.807, 2.05) is 12.1 Å². The van der Waals surface area contributed by atoms with E-state index in [1.165, 1.54) is 4.88 Å². The van der Waals surface area contributed by atoms with E-state index in [0.29, 0.717) is 6.54 Å². The Labute approximate surface area is 157 Å². The summed E-state index contributed by atoms with van der Waals surface area (Å²) in [6.45, 7) is 5.11. The number of morpholine rings is 1. The van der Waals surface area contributed by atoms with Crippen LogP contribution >= 0.6 is 11.3 Å². The van der Waals surface area contributed by atoms with Crippen LogP contribution in [0.2, 0.25) is 0 Å². The van der Waals surface area contributed by atoms with Crippen molar-refractivity contribution in [2.75, 3.05) is 39.4 Å². The number of hydrogen-bond donors (Lipinski definition) is 1. The van der Waals surface area contributed by atoms with Gasteiger partial charge in [0.05, 0.1) is 18.9 Å². The van der Waals surface area contributed by atoms with Gasteiger partial charge in [0, 0.05) is 61.4 Å². The van der Waals surface area contributed by atoms with Gasteiger partial charge in [0.15, 0.2) is 0 Å². The summed E-state index contributed by atoms with van der Waals surface area (Å²) >= 11 is 1.75. The van der Waals surface area contributed by atoms with Gasteiger partial charge in [-0.2, -0.15) is 0 Å². The Morgan fingerprint density at radius 2 is 2.12 bits per heavy atom. The van der Waals surface area contributed by atoms with Crippen LogP contribution in [-0.4, -0.2) is 60.2 Å². The second kappa shape index (κ2) is 8.24. The van der Waals surface area contributed by atoms with Gasteiger partial charge in [0.25, 0.3) is 0 Å². The van der Waals surface area contributed by atoms with E-state index in [-0.39, 0.29) is 11.8 Å². The molecule has 0 bridgehead atoms. The van der Waals surface area contributed by atoms with E-state index < -0.39 is 0 Å². The van der Waals surface area contributed by atoms with Gasteiger partial charge in [-0.1, -0.05) is 0 Å². The zero-order chi connectivity index (χ0) is 17.8. The van der Waals surface area contributed by atoms with E-state index in [1.54, 1.807) is 23.7 Å². The van der Waals surface area contributed by atoms with Crippen molar-refractivity contribution in [2.45, 2.75) is 19.3 Å². The molecule has 0 aromatic carbocycles. The van der Waals surface area contributed by atoms with Gasteiger partial charge in [-0.05, 0) is 25.0 Å². The standard InChI is InChI=1S/C19H24N4O2S/c24-18(21-7-8-23-9-11-25-12-10-23)15-1-2-17-16(13-15)22-19(26-17)14-3-5-20-6-4-14/h3-6,15H,1-2,7-13H2,(H,21,24). The summed E-state index contributed by atoms with van der Waals surface area (Å²) in [5.41, 5.74) is 2.20. The van der Waals surface area contributed by atoms with Crippen molar-refractivity contribution in [3.8, 4) is 10.6 Å². The highest BCUT2D eigenvalue weighted by Gasteiger charge is 2.27. The fourth-order valence-electron chi connectivity index (χ4n) is 3.53. The van der Waals surface area contributed by atoms with E-state index in [4.69, 9.17) is 9.72 Å². The Morgan fingerprint density at radius 3 is 2.92 bits per heavy atom. The van der Waals surface area contributed by atoms with Gasteiger partial charge in [-0.3, -0.25) is 14.7 Å². The van der Waals surface area contributed by atoms with Crippen LogP contribution < -0.4 is 5.32 Å². The Hall–Kier alpha value is -1.83. The number of nitrogens with one attached hydrogen (secondary N) is 1.